The first kappa shape index (κ1) is 33.5. The molecule has 2 aromatic heterocycles. The number of hydrogen-bond acceptors (Lipinski definition) is 4. The van der Waals surface area contributed by atoms with Crippen molar-refractivity contribution in [2.45, 2.75) is 46.0 Å². The van der Waals surface area contributed by atoms with Gasteiger partial charge < -0.3 is 5.11 Å². The number of pyridine rings is 2. The van der Waals surface area contributed by atoms with Crippen molar-refractivity contribution in [1.29, 1.82) is 0 Å². The molecule has 0 fully saturated rings. The van der Waals surface area contributed by atoms with E-state index in [-0.39, 0.29) is 17.1 Å². The molecule has 1 atom stereocenters. The topological polar surface area (TPSA) is 49.2 Å². The molecule has 0 amide bonds. The number of aromatic hydroxyl groups is 1. The molecule has 7 rings (SSSR count). The van der Waals surface area contributed by atoms with Crippen molar-refractivity contribution in [1.82, 2.24) is 9.97 Å². The lowest BCUT2D eigenvalue weighted by molar-refractivity contribution is 0.477. The molecule has 0 radical (unpaired) electrons. The SMILES string of the molecule is Cc1ccc(C(C)c2ccc(N(c3cc(-c4cc(-c5ccccc5)cc(-c5ccccc5O)n4)cc(C(C)(C)C)c3)c3ccccn3)cc2)cc1. The van der Waals surface area contributed by atoms with Gasteiger partial charge in [-0.15, -0.1) is 0 Å². The normalized spacial score (nSPS) is 12.0. The largest absolute Gasteiger partial charge is 0.507 e. The third-order valence-electron chi connectivity index (χ3n) is 9.56. The third-order valence-corrected chi connectivity index (χ3v) is 9.56. The lowest BCUT2D eigenvalue weighted by Crippen LogP contribution is -2.16. The maximum absolute atomic E-state index is 10.9. The summed E-state index contributed by atoms with van der Waals surface area (Å²) in [5.41, 5.74) is 12.2. The fourth-order valence-corrected chi connectivity index (χ4v) is 6.48. The quantitative estimate of drug-likeness (QED) is 0.175. The Kier molecular flexibility index (Phi) is 9.25. The Morgan fingerprint density at radius 1 is 0.588 bits per heavy atom. The number of rotatable bonds is 8. The smallest absolute Gasteiger partial charge is 0.137 e. The molecule has 0 saturated heterocycles. The molecule has 4 nitrogen and oxygen atoms in total. The molecule has 0 aliphatic heterocycles. The summed E-state index contributed by atoms with van der Waals surface area (Å²) in [6, 6.07) is 52.3. The summed E-state index contributed by atoms with van der Waals surface area (Å²) in [4.78, 5) is 12.3. The minimum atomic E-state index is -0.147. The van der Waals surface area contributed by atoms with Crippen LogP contribution in [-0.2, 0) is 5.41 Å². The van der Waals surface area contributed by atoms with E-state index in [1.165, 1.54) is 22.3 Å². The highest BCUT2D eigenvalue weighted by molar-refractivity contribution is 5.82. The number of nitrogens with zero attached hydrogens (tertiary/aromatic N) is 3. The van der Waals surface area contributed by atoms with E-state index in [1.54, 1.807) is 6.07 Å². The van der Waals surface area contributed by atoms with Crippen LogP contribution in [0.15, 0.2) is 158 Å². The van der Waals surface area contributed by atoms with E-state index in [4.69, 9.17) is 9.97 Å². The van der Waals surface area contributed by atoms with Gasteiger partial charge >= 0.3 is 0 Å². The van der Waals surface area contributed by atoms with E-state index >= 15 is 0 Å². The van der Waals surface area contributed by atoms with E-state index in [9.17, 15) is 5.11 Å². The maximum Gasteiger partial charge on any atom is 0.137 e. The highest BCUT2D eigenvalue weighted by atomic mass is 16.3. The van der Waals surface area contributed by atoms with Crippen LogP contribution in [0.3, 0.4) is 0 Å². The first-order valence-corrected chi connectivity index (χ1v) is 17.5. The molecule has 0 saturated carbocycles. The fourth-order valence-electron chi connectivity index (χ4n) is 6.48. The lowest BCUT2D eigenvalue weighted by atomic mass is 9.85. The number of hydrogen-bond donors (Lipinski definition) is 1. The van der Waals surface area contributed by atoms with Gasteiger partial charge in [0, 0.05) is 34.6 Å². The van der Waals surface area contributed by atoms with E-state index in [2.05, 4.69) is 137 Å². The molecule has 0 aliphatic carbocycles. The summed E-state index contributed by atoms with van der Waals surface area (Å²) in [5, 5.41) is 10.9. The van der Waals surface area contributed by atoms with Crippen LogP contribution >= 0.6 is 0 Å². The Morgan fingerprint density at radius 2 is 1.24 bits per heavy atom. The monoisotopic (exact) mass is 665 g/mol. The molecular formula is C47H43N3O. The standard InChI is InChI=1S/C47H43N3O/c1-32-18-20-34(21-19-32)33(2)35-22-24-40(25-23-35)50(46-17-11-12-26-48-46)41-28-38(27-39(31-41)47(3,4)5)43-29-37(36-13-7-6-8-14-36)30-44(49-43)42-15-9-10-16-45(42)51/h6-31,33,51H,1-5H3. The molecule has 0 aliphatic rings. The van der Waals surface area contributed by atoms with Crippen molar-refractivity contribution in [3.8, 4) is 39.4 Å². The molecule has 0 spiro atoms. The van der Waals surface area contributed by atoms with E-state index < -0.39 is 0 Å². The minimum Gasteiger partial charge on any atom is -0.507 e. The van der Waals surface area contributed by atoms with Crippen LogP contribution in [0.2, 0.25) is 0 Å². The number of benzene rings is 5. The number of aryl methyl sites for hydroxylation is 1. The van der Waals surface area contributed by atoms with Gasteiger partial charge in [0.15, 0.2) is 0 Å². The highest BCUT2D eigenvalue weighted by Crippen LogP contribution is 2.41. The first-order chi connectivity index (χ1) is 24.6. The molecule has 4 heteroatoms. The number of aromatic nitrogens is 2. The van der Waals surface area contributed by atoms with E-state index in [1.807, 2.05) is 54.7 Å². The second-order valence-corrected chi connectivity index (χ2v) is 14.3. The van der Waals surface area contributed by atoms with Crippen LogP contribution in [0.25, 0.3) is 33.6 Å². The Morgan fingerprint density at radius 3 is 1.90 bits per heavy atom. The van der Waals surface area contributed by atoms with Gasteiger partial charge in [0.25, 0.3) is 0 Å². The predicted octanol–water partition coefficient (Wildman–Crippen LogP) is 12.4. The van der Waals surface area contributed by atoms with Crippen LogP contribution in [0.1, 0.15) is 55.9 Å². The molecule has 1 unspecified atom stereocenters. The van der Waals surface area contributed by atoms with Gasteiger partial charge in [-0.1, -0.05) is 118 Å². The zero-order valence-corrected chi connectivity index (χ0v) is 29.9. The summed E-state index contributed by atoms with van der Waals surface area (Å²) >= 11 is 0. The lowest BCUT2D eigenvalue weighted by Gasteiger charge is -2.28. The van der Waals surface area contributed by atoms with Crippen molar-refractivity contribution in [2.75, 3.05) is 4.90 Å². The summed E-state index contributed by atoms with van der Waals surface area (Å²) in [5.74, 6) is 1.29. The molecule has 7 aromatic rings. The zero-order valence-electron chi connectivity index (χ0n) is 29.9. The number of para-hydroxylation sites is 1. The van der Waals surface area contributed by atoms with Crippen molar-refractivity contribution >= 4 is 17.2 Å². The summed E-state index contributed by atoms with van der Waals surface area (Å²) in [6.45, 7) is 11.1. The van der Waals surface area contributed by atoms with Crippen molar-refractivity contribution < 1.29 is 5.11 Å². The number of phenols is 1. The van der Waals surface area contributed by atoms with Gasteiger partial charge in [-0.05, 0) is 107 Å². The Hall–Kier alpha value is -6.00. The van der Waals surface area contributed by atoms with Crippen molar-refractivity contribution in [3.63, 3.8) is 0 Å². The van der Waals surface area contributed by atoms with Gasteiger partial charge in [0.2, 0.25) is 0 Å². The highest BCUT2D eigenvalue weighted by Gasteiger charge is 2.22. The molecule has 2 heterocycles. The Bertz CT molecular complexity index is 2260. The van der Waals surface area contributed by atoms with E-state index in [0.29, 0.717) is 11.3 Å². The zero-order chi connectivity index (χ0) is 35.5. The van der Waals surface area contributed by atoms with Gasteiger partial charge in [-0.25, -0.2) is 9.97 Å². The predicted molar refractivity (Wildman–Crippen MR) is 212 cm³/mol. The molecule has 5 aromatic carbocycles. The van der Waals surface area contributed by atoms with Gasteiger partial charge in [-0.2, -0.15) is 0 Å². The summed E-state index contributed by atoms with van der Waals surface area (Å²) < 4.78 is 0. The average molecular weight is 666 g/mol. The third kappa shape index (κ3) is 7.32. The fraction of sp³-hybridized carbons (Fsp3) is 0.149. The maximum atomic E-state index is 10.9. The van der Waals surface area contributed by atoms with Gasteiger partial charge in [0.05, 0.1) is 11.4 Å². The number of anilines is 3. The second kappa shape index (κ2) is 14.1. The molecule has 51 heavy (non-hydrogen) atoms. The van der Waals surface area contributed by atoms with Crippen LogP contribution < -0.4 is 4.90 Å². The Balaban J connectivity index is 1.39. The number of phenolic OH excluding ortho intramolecular Hbond substituents is 1. The Labute approximate surface area is 301 Å². The van der Waals surface area contributed by atoms with Crippen molar-refractivity contribution in [3.05, 3.63) is 180 Å². The molecule has 0 bridgehead atoms. The summed E-state index contributed by atoms with van der Waals surface area (Å²) in [7, 11) is 0. The van der Waals surface area contributed by atoms with Crippen LogP contribution in [0.5, 0.6) is 5.75 Å². The van der Waals surface area contributed by atoms with Crippen LogP contribution in [0.4, 0.5) is 17.2 Å². The average Bonchev–Trinajstić information content (AvgIpc) is 3.15. The van der Waals surface area contributed by atoms with Crippen molar-refractivity contribution in [2.24, 2.45) is 0 Å². The first-order valence-electron chi connectivity index (χ1n) is 17.5. The second-order valence-electron chi connectivity index (χ2n) is 14.3. The van der Waals surface area contributed by atoms with Gasteiger partial charge in [0.1, 0.15) is 11.6 Å². The molecule has 252 valence electrons. The van der Waals surface area contributed by atoms with Crippen LogP contribution in [-0.4, -0.2) is 15.1 Å². The van der Waals surface area contributed by atoms with Crippen LogP contribution in [0, 0.1) is 6.92 Å². The summed E-state index contributed by atoms with van der Waals surface area (Å²) in [6.07, 6.45) is 1.84. The van der Waals surface area contributed by atoms with E-state index in [0.717, 1.165) is 39.6 Å². The molecular weight excluding hydrogens is 623 g/mol. The van der Waals surface area contributed by atoms with Gasteiger partial charge in [-0.3, -0.25) is 4.90 Å². The minimum absolute atomic E-state index is 0.147. The molecule has 1 N–H and O–H groups in total.